The zero-order valence-corrected chi connectivity index (χ0v) is 15.9. The maximum atomic E-state index is 13.4. The number of alkyl halides is 3. The molecule has 136 valence electrons. The molecule has 0 saturated heterocycles. The molecule has 7 heteroatoms. The Morgan fingerprint density at radius 1 is 1.25 bits per heavy atom. The van der Waals surface area contributed by atoms with Crippen molar-refractivity contribution in [1.29, 1.82) is 0 Å². The quantitative estimate of drug-likeness (QED) is 0.768. The third-order valence-electron chi connectivity index (χ3n) is 5.34. The first kappa shape index (κ1) is 19.4. The van der Waals surface area contributed by atoms with E-state index in [9.17, 15) is 18.3 Å². The van der Waals surface area contributed by atoms with Crippen LogP contribution in [0.5, 0.6) is 0 Å². The minimum absolute atomic E-state index is 0.0269. The van der Waals surface area contributed by atoms with Crippen LogP contribution in [-0.4, -0.2) is 18.4 Å². The molecule has 0 aromatic carbocycles. The van der Waals surface area contributed by atoms with E-state index < -0.39 is 25.7 Å². The number of pyridine rings is 1. The van der Waals surface area contributed by atoms with Crippen molar-refractivity contribution in [3.63, 3.8) is 0 Å². The lowest BCUT2D eigenvalue weighted by molar-refractivity contribution is -0.143. The first-order valence-electron chi connectivity index (χ1n) is 8.19. The third-order valence-corrected chi connectivity index (χ3v) is 9.81. The molecule has 0 bridgehead atoms. The van der Waals surface area contributed by atoms with E-state index in [2.05, 4.69) is 25.8 Å². The number of nitrogens with zero attached hydrogens (tertiary/aromatic N) is 1. The third kappa shape index (κ3) is 3.83. The Hall–Kier alpha value is -0.923. The van der Waals surface area contributed by atoms with Crippen LogP contribution in [0.15, 0.2) is 12.3 Å². The second-order valence-corrected chi connectivity index (χ2v) is 13.0. The molecule has 1 N–H and O–H groups in total. The average molecular weight is 361 g/mol. The molecule has 0 radical (unpaired) electrons. The van der Waals surface area contributed by atoms with Crippen LogP contribution < -0.4 is 0 Å². The molecule has 3 nitrogen and oxygen atoms in total. The zero-order chi connectivity index (χ0) is 18.4. The van der Waals surface area contributed by atoms with E-state index in [-0.39, 0.29) is 22.9 Å². The summed E-state index contributed by atoms with van der Waals surface area (Å²) < 4.78 is 46.2. The molecule has 24 heavy (non-hydrogen) atoms. The van der Waals surface area contributed by atoms with Gasteiger partial charge in [0, 0.05) is 11.8 Å². The summed E-state index contributed by atoms with van der Waals surface area (Å²) in [5.74, 6) is 0. The monoisotopic (exact) mass is 361 g/mol. The highest BCUT2D eigenvalue weighted by atomic mass is 28.4. The fourth-order valence-corrected chi connectivity index (χ4v) is 3.38. The van der Waals surface area contributed by atoms with Gasteiger partial charge in [-0.3, -0.25) is 4.98 Å². The van der Waals surface area contributed by atoms with Gasteiger partial charge in [0.25, 0.3) is 0 Å². The number of aliphatic hydroxyl groups is 1. The fourth-order valence-electron chi connectivity index (χ4n) is 2.43. The molecule has 1 fully saturated rings. The first-order valence-corrected chi connectivity index (χ1v) is 11.1. The molecule has 1 aliphatic carbocycles. The van der Waals surface area contributed by atoms with E-state index in [1.165, 1.54) is 6.20 Å². The molecular formula is C17H26F3NO2Si. The Labute approximate surface area is 142 Å². The Morgan fingerprint density at radius 2 is 1.83 bits per heavy atom. The molecule has 1 aromatic rings. The summed E-state index contributed by atoms with van der Waals surface area (Å²) in [5, 5.41) is 10.3. The van der Waals surface area contributed by atoms with E-state index in [0.29, 0.717) is 12.8 Å². The van der Waals surface area contributed by atoms with Gasteiger partial charge in [0.1, 0.15) is 0 Å². The normalized spacial score (nSPS) is 18.4. The maximum Gasteiger partial charge on any atom is 0.416 e. The van der Waals surface area contributed by atoms with Gasteiger partial charge in [0.05, 0.1) is 23.5 Å². The van der Waals surface area contributed by atoms with Crippen molar-refractivity contribution in [2.75, 3.05) is 0 Å². The van der Waals surface area contributed by atoms with Crippen LogP contribution in [0.25, 0.3) is 0 Å². The number of hydrogen-bond acceptors (Lipinski definition) is 3. The zero-order valence-electron chi connectivity index (χ0n) is 14.9. The highest BCUT2D eigenvalue weighted by Crippen LogP contribution is 2.46. The Kier molecular flexibility index (Phi) is 4.94. The molecule has 0 unspecified atom stereocenters. The summed E-state index contributed by atoms with van der Waals surface area (Å²) in [6, 6.07) is 1.03. The Bertz CT molecular complexity index is 605. The first-order chi connectivity index (χ1) is 10.8. The highest BCUT2D eigenvalue weighted by Gasteiger charge is 2.45. The van der Waals surface area contributed by atoms with E-state index in [1.54, 1.807) is 0 Å². The molecule has 1 aliphatic rings. The van der Waals surface area contributed by atoms with Gasteiger partial charge in [0.2, 0.25) is 0 Å². The van der Waals surface area contributed by atoms with Crippen LogP contribution in [0.4, 0.5) is 13.2 Å². The summed E-state index contributed by atoms with van der Waals surface area (Å²) in [4.78, 5) is 4.12. The van der Waals surface area contributed by atoms with Crippen molar-refractivity contribution in [2.45, 2.75) is 76.6 Å². The average Bonchev–Trinajstić information content (AvgIpc) is 2.40. The molecule has 0 amide bonds. The minimum atomic E-state index is -4.52. The molecule has 1 heterocycles. The summed E-state index contributed by atoms with van der Waals surface area (Å²) in [5.41, 5.74) is -2.05. The van der Waals surface area contributed by atoms with Crippen molar-refractivity contribution >= 4 is 8.32 Å². The SMILES string of the molecule is CC(C)(C)[Si](C)(C)OCc1cc(C(F)(F)F)c(C2(O)CCC2)cn1. The van der Waals surface area contributed by atoms with Crippen LogP contribution in [0.3, 0.4) is 0 Å². The lowest BCUT2D eigenvalue weighted by atomic mass is 9.74. The highest BCUT2D eigenvalue weighted by molar-refractivity contribution is 6.74. The predicted molar refractivity (Wildman–Crippen MR) is 89.0 cm³/mol. The van der Waals surface area contributed by atoms with Gasteiger partial charge in [-0.25, -0.2) is 0 Å². The Balaban J connectivity index is 2.28. The van der Waals surface area contributed by atoms with Crippen LogP contribution in [0.1, 0.15) is 56.9 Å². The van der Waals surface area contributed by atoms with Gasteiger partial charge >= 0.3 is 6.18 Å². The second-order valence-electron chi connectivity index (χ2n) is 8.15. The fraction of sp³-hybridized carbons (Fsp3) is 0.706. The molecule has 0 aliphatic heterocycles. The molecule has 1 aromatic heterocycles. The lowest BCUT2D eigenvalue weighted by Crippen LogP contribution is -2.40. The summed E-state index contributed by atoms with van der Waals surface area (Å²) in [6.07, 6.45) is -1.93. The molecular weight excluding hydrogens is 335 g/mol. The van der Waals surface area contributed by atoms with Gasteiger partial charge in [0.15, 0.2) is 8.32 Å². The number of hydrogen-bond donors (Lipinski definition) is 1. The second kappa shape index (κ2) is 6.11. The Morgan fingerprint density at radius 3 is 2.25 bits per heavy atom. The smallest absolute Gasteiger partial charge is 0.411 e. The molecule has 1 saturated carbocycles. The standard InChI is InChI=1S/C17H26F3NO2Si/c1-15(2,3)24(4,5)23-11-12-9-13(17(18,19)20)14(10-21-12)16(22)7-6-8-16/h9-10,22H,6-8,11H2,1-5H3. The van der Waals surface area contributed by atoms with Crippen molar-refractivity contribution in [3.05, 3.63) is 29.1 Å². The largest absolute Gasteiger partial charge is 0.416 e. The van der Waals surface area contributed by atoms with E-state index in [4.69, 9.17) is 4.43 Å². The van der Waals surface area contributed by atoms with Crippen LogP contribution >= 0.6 is 0 Å². The van der Waals surface area contributed by atoms with Crippen molar-refractivity contribution in [3.8, 4) is 0 Å². The van der Waals surface area contributed by atoms with Crippen molar-refractivity contribution in [1.82, 2.24) is 4.98 Å². The van der Waals surface area contributed by atoms with E-state index in [1.807, 2.05) is 13.1 Å². The van der Waals surface area contributed by atoms with Crippen LogP contribution in [-0.2, 0) is 22.8 Å². The van der Waals surface area contributed by atoms with Gasteiger partial charge < -0.3 is 9.53 Å². The summed E-state index contributed by atoms with van der Waals surface area (Å²) in [7, 11) is -2.07. The summed E-state index contributed by atoms with van der Waals surface area (Å²) in [6.45, 7) is 10.4. The topological polar surface area (TPSA) is 42.4 Å². The van der Waals surface area contributed by atoms with Gasteiger partial charge in [-0.1, -0.05) is 20.8 Å². The minimum Gasteiger partial charge on any atom is -0.411 e. The maximum absolute atomic E-state index is 13.4. The summed E-state index contributed by atoms with van der Waals surface area (Å²) >= 11 is 0. The van der Waals surface area contributed by atoms with E-state index >= 15 is 0 Å². The van der Waals surface area contributed by atoms with E-state index in [0.717, 1.165) is 12.5 Å². The lowest BCUT2D eigenvalue weighted by Gasteiger charge is -2.38. The van der Waals surface area contributed by atoms with Crippen LogP contribution in [0, 0.1) is 0 Å². The van der Waals surface area contributed by atoms with Gasteiger partial charge in [-0.15, -0.1) is 0 Å². The molecule has 2 rings (SSSR count). The molecule has 0 spiro atoms. The van der Waals surface area contributed by atoms with Gasteiger partial charge in [-0.2, -0.15) is 13.2 Å². The number of rotatable bonds is 4. The predicted octanol–water partition coefficient (Wildman–Crippen LogP) is 4.99. The van der Waals surface area contributed by atoms with Crippen LogP contribution in [0.2, 0.25) is 18.1 Å². The number of aromatic nitrogens is 1. The number of halogens is 3. The van der Waals surface area contributed by atoms with Crippen molar-refractivity contribution < 1.29 is 22.7 Å². The molecule has 0 atom stereocenters. The van der Waals surface area contributed by atoms with Crippen molar-refractivity contribution in [2.24, 2.45) is 0 Å². The van der Waals surface area contributed by atoms with Gasteiger partial charge in [-0.05, 0) is 43.5 Å².